The van der Waals surface area contributed by atoms with Crippen LogP contribution in [0.2, 0.25) is 0 Å². The third-order valence-electron chi connectivity index (χ3n) is 3.17. The van der Waals surface area contributed by atoms with Crippen LogP contribution < -0.4 is 0 Å². The summed E-state index contributed by atoms with van der Waals surface area (Å²) in [6.45, 7) is 0. The van der Waals surface area contributed by atoms with Crippen LogP contribution in [-0.2, 0) is 4.79 Å². The molecule has 0 unspecified atom stereocenters. The van der Waals surface area contributed by atoms with Crippen LogP contribution in [0.5, 0.6) is 0 Å². The van der Waals surface area contributed by atoms with Crippen molar-refractivity contribution < 1.29 is 14.3 Å². The lowest BCUT2D eigenvalue weighted by atomic mass is 10.1. The minimum atomic E-state index is -1.29. The summed E-state index contributed by atoms with van der Waals surface area (Å²) >= 11 is 0. The van der Waals surface area contributed by atoms with Crippen molar-refractivity contribution in [3.8, 4) is 23.2 Å². The van der Waals surface area contributed by atoms with Crippen molar-refractivity contribution in [1.29, 1.82) is 5.26 Å². The van der Waals surface area contributed by atoms with E-state index in [0.29, 0.717) is 17.0 Å². The van der Waals surface area contributed by atoms with Crippen molar-refractivity contribution in [2.75, 3.05) is 0 Å². The van der Waals surface area contributed by atoms with E-state index in [1.807, 2.05) is 30.3 Å². The second-order valence-corrected chi connectivity index (χ2v) is 4.67. The lowest BCUT2D eigenvalue weighted by Crippen LogP contribution is -1.97. The summed E-state index contributed by atoms with van der Waals surface area (Å²) < 4.78 is 6.96. The molecular formula is C17H11N3O3. The van der Waals surface area contributed by atoms with Crippen LogP contribution in [0.25, 0.3) is 23.2 Å². The summed E-state index contributed by atoms with van der Waals surface area (Å²) in [6, 6.07) is 14.5. The fraction of sp³-hybridized carbons (Fsp3) is 0. The minimum Gasteiger partial charge on any atom is -0.477 e. The number of furan rings is 1. The van der Waals surface area contributed by atoms with Gasteiger partial charge in [0.25, 0.3) is 0 Å². The number of rotatable bonds is 4. The first kappa shape index (κ1) is 14.4. The van der Waals surface area contributed by atoms with Gasteiger partial charge in [0.1, 0.15) is 17.3 Å². The highest BCUT2D eigenvalue weighted by Gasteiger charge is 2.15. The van der Waals surface area contributed by atoms with Gasteiger partial charge in [-0.3, -0.25) is 0 Å². The van der Waals surface area contributed by atoms with Crippen LogP contribution in [0.4, 0.5) is 0 Å². The van der Waals surface area contributed by atoms with Crippen LogP contribution in [0, 0.1) is 11.3 Å². The molecule has 0 radical (unpaired) electrons. The van der Waals surface area contributed by atoms with Crippen LogP contribution in [-0.4, -0.2) is 20.9 Å². The summed E-state index contributed by atoms with van der Waals surface area (Å²) in [5, 5.41) is 22.4. The lowest BCUT2D eigenvalue weighted by Gasteiger charge is -1.98. The monoisotopic (exact) mass is 305 g/mol. The average Bonchev–Trinajstić information content (AvgIpc) is 3.22. The Morgan fingerprint density at radius 2 is 2.04 bits per heavy atom. The zero-order chi connectivity index (χ0) is 16.2. The van der Waals surface area contributed by atoms with Gasteiger partial charge in [-0.2, -0.15) is 10.4 Å². The maximum Gasteiger partial charge on any atom is 0.346 e. The molecule has 0 fully saturated rings. The summed E-state index contributed by atoms with van der Waals surface area (Å²) in [6.07, 6.45) is 4.45. The Kier molecular flexibility index (Phi) is 3.77. The van der Waals surface area contributed by atoms with E-state index >= 15 is 0 Å². The standard InChI is InChI=1S/C17H11N3O3/c18-10-12(17(21)22)9-13-11-20(14-5-2-1-3-6-14)19-16(13)15-7-4-8-23-15/h1-9,11H,(H,21,22)/b12-9+. The summed E-state index contributed by atoms with van der Waals surface area (Å²) in [5.41, 5.74) is 1.40. The van der Waals surface area contributed by atoms with Crippen molar-refractivity contribution in [2.24, 2.45) is 0 Å². The van der Waals surface area contributed by atoms with E-state index in [-0.39, 0.29) is 5.57 Å². The van der Waals surface area contributed by atoms with Gasteiger partial charge in [0.05, 0.1) is 12.0 Å². The molecule has 6 nitrogen and oxygen atoms in total. The van der Waals surface area contributed by atoms with Gasteiger partial charge < -0.3 is 9.52 Å². The zero-order valence-electron chi connectivity index (χ0n) is 11.9. The highest BCUT2D eigenvalue weighted by Crippen LogP contribution is 2.26. The Balaban J connectivity index is 2.16. The van der Waals surface area contributed by atoms with Crippen molar-refractivity contribution in [3.63, 3.8) is 0 Å². The Morgan fingerprint density at radius 1 is 1.26 bits per heavy atom. The smallest absolute Gasteiger partial charge is 0.346 e. The molecule has 0 saturated carbocycles. The molecule has 0 aliphatic rings. The predicted molar refractivity (Wildman–Crippen MR) is 82.5 cm³/mol. The van der Waals surface area contributed by atoms with E-state index in [9.17, 15) is 4.79 Å². The molecule has 0 atom stereocenters. The van der Waals surface area contributed by atoms with Gasteiger partial charge in [-0.25, -0.2) is 9.48 Å². The number of carboxylic acid groups (broad SMARTS) is 1. The van der Waals surface area contributed by atoms with Crippen molar-refractivity contribution >= 4 is 12.0 Å². The molecular weight excluding hydrogens is 294 g/mol. The lowest BCUT2D eigenvalue weighted by molar-refractivity contribution is -0.132. The number of hydrogen-bond donors (Lipinski definition) is 1. The molecule has 0 saturated heterocycles. The summed E-state index contributed by atoms with van der Waals surface area (Å²) in [7, 11) is 0. The number of carboxylic acids is 1. The molecule has 6 heteroatoms. The molecule has 1 N–H and O–H groups in total. The van der Waals surface area contributed by atoms with Crippen molar-refractivity contribution in [3.05, 3.63) is 66.1 Å². The molecule has 0 amide bonds. The maximum atomic E-state index is 11.1. The van der Waals surface area contributed by atoms with Crippen LogP contribution in [0.1, 0.15) is 5.56 Å². The van der Waals surface area contributed by atoms with E-state index in [2.05, 4.69) is 5.10 Å². The van der Waals surface area contributed by atoms with Gasteiger partial charge in [0.15, 0.2) is 5.76 Å². The Labute approximate surface area is 131 Å². The predicted octanol–water partition coefficient (Wildman–Crippen LogP) is 3.12. The fourth-order valence-corrected chi connectivity index (χ4v) is 2.11. The molecule has 23 heavy (non-hydrogen) atoms. The number of para-hydroxylation sites is 1. The average molecular weight is 305 g/mol. The molecule has 0 aliphatic heterocycles. The fourth-order valence-electron chi connectivity index (χ4n) is 2.11. The molecule has 3 rings (SSSR count). The van der Waals surface area contributed by atoms with Crippen molar-refractivity contribution in [1.82, 2.24) is 9.78 Å². The first-order valence-corrected chi connectivity index (χ1v) is 6.73. The number of hydrogen-bond acceptors (Lipinski definition) is 4. The third kappa shape index (κ3) is 2.89. The van der Waals surface area contributed by atoms with Crippen molar-refractivity contribution in [2.45, 2.75) is 0 Å². The van der Waals surface area contributed by atoms with E-state index < -0.39 is 5.97 Å². The van der Waals surface area contributed by atoms with E-state index in [1.165, 1.54) is 12.3 Å². The molecule has 3 aromatic rings. The zero-order valence-corrected chi connectivity index (χ0v) is 11.9. The second-order valence-electron chi connectivity index (χ2n) is 4.67. The second kappa shape index (κ2) is 6.03. The Bertz CT molecular complexity index is 900. The molecule has 0 spiro atoms. The molecule has 2 heterocycles. The molecule has 1 aromatic carbocycles. The summed E-state index contributed by atoms with van der Waals surface area (Å²) in [5.74, 6) is -0.793. The number of carbonyl (C=O) groups is 1. The SMILES string of the molecule is N#C/C(=C\c1cn(-c2ccccc2)nc1-c1ccco1)C(=O)O. The molecule has 2 aromatic heterocycles. The first-order valence-electron chi connectivity index (χ1n) is 6.73. The topological polar surface area (TPSA) is 92.0 Å². The van der Waals surface area contributed by atoms with Gasteiger partial charge in [-0.15, -0.1) is 0 Å². The first-order chi connectivity index (χ1) is 11.2. The van der Waals surface area contributed by atoms with E-state index in [4.69, 9.17) is 14.8 Å². The third-order valence-corrected chi connectivity index (χ3v) is 3.17. The molecule has 0 aliphatic carbocycles. The molecule has 112 valence electrons. The summed E-state index contributed by atoms with van der Waals surface area (Å²) in [4.78, 5) is 11.1. The quantitative estimate of drug-likeness (QED) is 0.590. The Morgan fingerprint density at radius 3 is 2.65 bits per heavy atom. The van der Waals surface area contributed by atoms with Crippen LogP contribution in [0.3, 0.4) is 0 Å². The van der Waals surface area contributed by atoms with Gasteiger partial charge >= 0.3 is 5.97 Å². The minimum absolute atomic E-state index is 0.370. The number of aromatic nitrogens is 2. The van der Waals surface area contributed by atoms with Crippen LogP contribution in [0.15, 0.2) is 64.9 Å². The largest absolute Gasteiger partial charge is 0.477 e. The van der Waals surface area contributed by atoms with Crippen LogP contribution >= 0.6 is 0 Å². The van der Waals surface area contributed by atoms with E-state index in [1.54, 1.807) is 29.1 Å². The Hall–Kier alpha value is -3.59. The number of benzene rings is 1. The van der Waals surface area contributed by atoms with E-state index in [0.717, 1.165) is 5.69 Å². The van der Waals surface area contributed by atoms with Gasteiger partial charge in [0, 0.05) is 11.8 Å². The number of aliphatic carboxylic acids is 1. The number of nitriles is 1. The van der Waals surface area contributed by atoms with Gasteiger partial charge in [0.2, 0.25) is 0 Å². The highest BCUT2D eigenvalue weighted by molar-refractivity contribution is 5.97. The van der Waals surface area contributed by atoms with Gasteiger partial charge in [-0.05, 0) is 30.3 Å². The normalized spacial score (nSPS) is 11.2. The highest BCUT2D eigenvalue weighted by atomic mass is 16.4. The van der Waals surface area contributed by atoms with Gasteiger partial charge in [-0.1, -0.05) is 18.2 Å². The maximum absolute atomic E-state index is 11.1. The molecule has 0 bridgehead atoms. The number of nitrogens with zero attached hydrogens (tertiary/aromatic N) is 3.